The number of thioether (sulfide) groups is 1. The summed E-state index contributed by atoms with van der Waals surface area (Å²) in [6, 6.07) is 4.82. The summed E-state index contributed by atoms with van der Waals surface area (Å²) in [6.45, 7) is 4.60. The predicted molar refractivity (Wildman–Crippen MR) is 115 cm³/mol. The van der Waals surface area contributed by atoms with Gasteiger partial charge in [0, 0.05) is 26.2 Å². The molecule has 2 atom stereocenters. The number of ether oxygens (including phenoxy) is 2. The smallest absolute Gasteiger partial charge is 0.243 e. The molecule has 2 heterocycles. The largest absolute Gasteiger partial charge is 0.381 e. The van der Waals surface area contributed by atoms with Crippen molar-refractivity contribution in [2.75, 3.05) is 56.3 Å². The van der Waals surface area contributed by atoms with Crippen molar-refractivity contribution in [1.82, 2.24) is 4.31 Å². The van der Waals surface area contributed by atoms with Crippen LogP contribution in [0.5, 0.6) is 0 Å². The van der Waals surface area contributed by atoms with Crippen LogP contribution in [0.1, 0.15) is 19.8 Å². The molecular formula is C19H29N3O5S2. The van der Waals surface area contributed by atoms with Gasteiger partial charge in [0.1, 0.15) is 0 Å². The van der Waals surface area contributed by atoms with E-state index in [2.05, 4.69) is 10.6 Å². The summed E-state index contributed by atoms with van der Waals surface area (Å²) in [5.41, 5.74) is 1.14. The van der Waals surface area contributed by atoms with Crippen molar-refractivity contribution < 1.29 is 22.7 Å². The number of nitrogens with one attached hydrogen (secondary N) is 2. The number of carbonyl (C=O) groups is 1. The zero-order valence-corrected chi connectivity index (χ0v) is 18.5. The van der Waals surface area contributed by atoms with E-state index < -0.39 is 10.0 Å². The highest BCUT2D eigenvalue weighted by Crippen LogP contribution is 2.29. The summed E-state index contributed by atoms with van der Waals surface area (Å²) in [4.78, 5) is 12.6. The van der Waals surface area contributed by atoms with E-state index in [1.54, 1.807) is 12.1 Å². The van der Waals surface area contributed by atoms with Crippen molar-refractivity contribution in [3.05, 3.63) is 18.2 Å². The van der Waals surface area contributed by atoms with Gasteiger partial charge >= 0.3 is 0 Å². The lowest BCUT2D eigenvalue weighted by atomic mass is 10.2. The van der Waals surface area contributed by atoms with Gasteiger partial charge in [-0.1, -0.05) is 0 Å². The number of amides is 1. The lowest BCUT2D eigenvalue weighted by Crippen LogP contribution is -2.40. The van der Waals surface area contributed by atoms with Gasteiger partial charge in [-0.3, -0.25) is 4.79 Å². The molecule has 162 valence electrons. The molecule has 2 unspecified atom stereocenters. The highest BCUT2D eigenvalue weighted by Gasteiger charge is 2.27. The third-order valence-corrected chi connectivity index (χ3v) is 7.94. The van der Waals surface area contributed by atoms with Crippen LogP contribution in [0.3, 0.4) is 0 Å². The third-order valence-electron chi connectivity index (χ3n) is 5.12. The van der Waals surface area contributed by atoms with Crippen molar-refractivity contribution in [3.63, 3.8) is 0 Å². The van der Waals surface area contributed by atoms with E-state index in [0.29, 0.717) is 44.2 Å². The zero-order chi connectivity index (χ0) is 20.9. The topological polar surface area (TPSA) is 97.0 Å². The summed E-state index contributed by atoms with van der Waals surface area (Å²) < 4.78 is 38.3. The second kappa shape index (κ2) is 10.1. The molecule has 1 amide bonds. The maximum atomic E-state index is 13.0. The van der Waals surface area contributed by atoms with Crippen LogP contribution in [0, 0.1) is 0 Å². The maximum absolute atomic E-state index is 13.0. The van der Waals surface area contributed by atoms with Gasteiger partial charge in [0.2, 0.25) is 15.9 Å². The molecule has 3 rings (SSSR count). The van der Waals surface area contributed by atoms with Crippen LogP contribution in [0.4, 0.5) is 11.4 Å². The second-order valence-corrected chi connectivity index (χ2v) is 10.2. The lowest BCUT2D eigenvalue weighted by molar-refractivity contribution is -0.115. The Hall–Kier alpha value is -1.33. The number of carbonyl (C=O) groups excluding carboxylic acids is 1. The van der Waals surface area contributed by atoms with Gasteiger partial charge < -0.3 is 20.1 Å². The molecule has 29 heavy (non-hydrogen) atoms. The van der Waals surface area contributed by atoms with Crippen molar-refractivity contribution in [2.24, 2.45) is 0 Å². The van der Waals surface area contributed by atoms with E-state index >= 15 is 0 Å². The molecule has 2 fully saturated rings. The number of hydrogen-bond donors (Lipinski definition) is 2. The predicted octanol–water partition coefficient (Wildman–Crippen LogP) is 1.99. The van der Waals surface area contributed by atoms with Crippen LogP contribution in [0.25, 0.3) is 0 Å². The monoisotopic (exact) mass is 443 g/mol. The Morgan fingerprint density at radius 1 is 1.28 bits per heavy atom. The Morgan fingerprint density at radius 2 is 2.03 bits per heavy atom. The molecule has 2 N–H and O–H groups in total. The fourth-order valence-corrected chi connectivity index (χ4v) is 4.96. The van der Waals surface area contributed by atoms with Gasteiger partial charge in [-0.05, 0) is 44.2 Å². The van der Waals surface area contributed by atoms with Crippen LogP contribution in [-0.4, -0.2) is 75.7 Å². The van der Waals surface area contributed by atoms with Crippen molar-refractivity contribution >= 4 is 39.1 Å². The number of nitrogens with zero attached hydrogens (tertiary/aromatic N) is 1. The number of morpholine rings is 1. The van der Waals surface area contributed by atoms with E-state index in [1.807, 2.05) is 13.2 Å². The van der Waals surface area contributed by atoms with Gasteiger partial charge in [-0.15, -0.1) is 0 Å². The minimum absolute atomic E-state index is 0.125. The average molecular weight is 444 g/mol. The van der Waals surface area contributed by atoms with Gasteiger partial charge in [0.15, 0.2) is 0 Å². The molecule has 0 spiro atoms. The molecule has 1 aromatic rings. The summed E-state index contributed by atoms with van der Waals surface area (Å²) in [7, 11) is -3.65. The Balaban J connectivity index is 1.84. The maximum Gasteiger partial charge on any atom is 0.243 e. The van der Waals surface area contributed by atoms with Gasteiger partial charge in [0.05, 0.1) is 40.8 Å². The van der Waals surface area contributed by atoms with E-state index in [1.165, 1.54) is 22.1 Å². The molecule has 2 aliphatic heterocycles. The fraction of sp³-hybridized carbons (Fsp3) is 0.632. The summed E-state index contributed by atoms with van der Waals surface area (Å²) >= 11 is 1.43. The van der Waals surface area contributed by atoms with Gasteiger partial charge in [-0.25, -0.2) is 8.42 Å². The van der Waals surface area contributed by atoms with Gasteiger partial charge in [0.25, 0.3) is 0 Å². The Labute approximate surface area is 176 Å². The summed E-state index contributed by atoms with van der Waals surface area (Å²) in [6.07, 6.45) is 4.01. The normalized spacial score (nSPS) is 21.7. The average Bonchev–Trinajstić information content (AvgIpc) is 3.26. The molecule has 10 heteroatoms. The first-order chi connectivity index (χ1) is 13.9. The van der Waals surface area contributed by atoms with Crippen LogP contribution in [-0.2, 0) is 24.3 Å². The van der Waals surface area contributed by atoms with Crippen LogP contribution >= 0.6 is 11.8 Å². The molecule has 0 radical (unpaired) electrons. The zero-order valence-electron chi connectivity index (χ0n) is 16.8. The van der Waals surface area contributed by atoms with Crippen LogP contribution < -0.4 is 10.6 Å². The van der Waals surface area contributed by atoms with E-state index in [-0.39, 0.29) is 22.2 Å². The Kier molecular flexibility index (Phi) is 7.80. The fourth-order valence-electron chi connectivity index (χ4n) is 3.25. The minimum Gasteiger partial charge on any atom is -0.381 e. The molecule has 8 nitrogen and oxygen atoms in total. The molecule has 0 aliphatic carbocycles. The van der Waals surface area contributed by atoms with E-state index in [0.717, 1.165) is 19.4 Å². The number of hydrogen-bond acceptors (Lipinski definition) is 7. The summed E-state index contributed by atoms with van der Waals surface area (Å²) in [5, 5.41) is 5.93. The summed E-state index contributed by atoms with van der Waals surface area (Å²) in [5.74, 6) is -0.168. The standard InChI is InChI=1S/C19H29N3O5S2/c1-14(28-2)19(23)21-18-12-16(29(24,25)22-7-10-26-11-8-22)5-6-17(18)20-13-15-4-3-9-27-15/h5-6,12,14-15,20H,3-4,7-11,13H2,1-2H3,(H,21,23). The number of anilines is 2. The molecule has 2 saturated heterocycles. The molecular weight excluding hydrogens is 414 g/mol. The van der Waals surface area contributed by atoms with Crippen molar-refractivity contribution in [3.8, 4) is 0 Å². The highest BCUT2D eigenvalue weighted by atomic mass is 32.2. The van der Waals surface area contributed by atoms with Crippen molar-refractivity contribution in [2.45, 2.75) is 36.0 Å². The number of sulfonamides is 1. The Morgan fingerprint density at radius 3 is 2.69 bits per heavy atom. The third kappa shape index (κ3) is 5.64. The SMILES string of the molecule is CSC(C)C(=O)Nc1cc(S(=O)(=O)N2CCOCC2)ccc1NCC1CCCO1. The van der Waals surface area contributed by atoms with Crippen molar-refractivity contribution in [1.29, 1.82) is 0 Å². The van der Waals surface area contributed by atoms with E-state index in [9.17, 15) is 13.2 Å². The van der Waals surface area contributed by atoms with Crippen LogP contribution in [0.15, 0.2) is 23.1 Å². The van der Waals surface area contributed by atoms with E-state index in [4.69, 9.17) is 9.47 Å². The number of rotatable bonds is 8. The minimum atomic E-state index is -3.65. The quantitative estimate of drug-likeness (QED) is 0.634. The first-order valence-corrected chi connectivity index (χ1v) is 12.6. The first kappa shape index (κ1) is 22.4. The number of benzene rings is 1. The first-order valence-electron chi connectivity index (χ1n) is 9.83. The molecule has 0 aromatic heterocycles. The lowest BCUT2D eigenvalue weighted by Gasteiger charge is -2.26. The van der Waals surface area contributed by atoms with Gasteiger partial charge in [-0.2, -0.15) is 16.1 Å². The second-order valence-electron chi connectivity index (χ2n) is 7.11. The molecule has 0 bridgehead atoms. The molecule has 0 saturated carbocycles. The Bertz CT molecular complexity index is 806. The molecule has 1 aromatic carbocycles. The molecule has 2 aliphatic rings. The highest BCUT2D eigenvalue weighted by molar-refractivity contribution is 7.99. The van der Waals surface area contributed by atoms with Crippen LogP contribution in [0.2, 0.25) is 0 Å².